The van der Waals surface area contributed by atoms with Crippen molar-refractivity contribution < 1.29 is 13.2 Å². The number of hydrogen-bond donors (Lipinski definition) is 0. The summed E-state index contributed by atoms with van der Waals surface area (Å²) < 4.78 is 27.6. The van der Waals surface area contributed by atoms with Crippen molar-refractivity contribution in [3.05, 3.63) is 102 Å². The highest BCUT2D eigenvalue weighted by Gasteiger charge is 2.24. The molecule has 0 N–H and O–H groups in total. The molecule has 0 spiro atoms. The van der Waals surface area contributed by atoms with Crippen molar-refractivity contribution in [3.8, 4) is 0 Å². The lowest BCUT2D eigenvalue weighted by Crippen LogP contribution is -2.33. The average molecular weight is 465 g/mol. The van der Waals surface area contributed by atoms with E-state index in [-0.39, 0.29) is 10.8 Å². The number of hydrogen-bond acceptors (Lipinski definition) is 3. The Balaban J connectivity index is 1.85. The van der Waals surface area contributed by atoms with Gasteiger partial charge in [-0.25, -0.2) is 8.42 Å². The highest BCUT2D eigenvalue weighted by atomic mass is 32.2. The Hall–Kier alpha value is -2.96. The molecule has 0 aliphatic rings. The fourth-order valence-electron chi connectivity index (χ4n) is 3.76. The fraction of sp³-hybridized carbons (Fsp3) is 0.296. The van der Waals surface area contributed by atoms with Crippen molar-refractivity contribution in [2.75, 3.05) is 13.1 Å². The summed E-state index contributed by atoms with van der Waals surface area (Å²) in [6, 6.07) is 26.0. The molecule has 0 aliphatic heterocycles. The third-order valence-electron chi connectivity index (χ3n) is 5.40. The van der Waals surface area contributed by atoms with E-state index in [2.05, 4.69) is 0 Å². The van der Waals surface area contributed by atoms with Gasteiger partial charge >= 0.3 is 0 Å². The molecule has 3 rings (SSSR count). The first-order valence-electron chi connectivity index (χ1n) is 11.4. The second kappa shape index (κ2) is 11.8. The summed E-state index contributed by atoms with van der Waals surface area (Å²) >= 11 is 0. The molecule has 33 heavy (non-hydrogen) atoms. The molecule has 0 heterocycles. The molecule has 3 aromatic carbocycles. The maximum atomic E-state index is 13.4. The van der Waals surface area contributed by atoms with Crippen LogP contribution < -0.4 is 0 Å². The van der Waals surface area contributed by atoms with Crippen molar-refractivity contribution >= 4 is 15.9 Å². The van der Waals surface area contributed by atoms with E-state index in [0.717, 1.165) is 24.0 Å². The Labute approximate surface area is 197 Å². The summed E-state index contributed by atoms with van der Waals surface area (Å²) in [5, 5.41) is 0. The summed E-state index contributed by atoms with van der Waals surface area (Å²) in [6.07, 6.45) is 1.51. The summed E-state index contributed by atoms with van der Waals surface area (Å²) in [7, 11) is -3.58. The highest BCUT2D eigenvalue weighted by Crippen LogP contribution is 2.20. The normalized spacial score (nSPS) is 11.5. The number of carbonyl (C=O) groups is 1. The third kappa shape index (κ3) is 6.53. The molecule has 0 unspecified atom stereocenters. The summed E-state index contributed by atoms with van der Waals surface area (Å²) in [6.45, 7) is 5.84. The fourth-order valence-corrected chi connectivity index (χ4v) is 5.38. The lowest BCUT2D eigenvalue weighted by molar-refractivity contribution is 0.0730. The second-order valence-corrected chi connectivity index (χ2v) is 10.00. The van der Waals surface area contributed by atoms with E-state index in [1.165, 1.54) is 4.31 Å². The van der Waals surface area contributed by atoms with Gasteiger partial charge in [-0.3, -0.25) is 4.79 Å². The second-order valence-electron chi connectivity index (χ2n) is 8.06. The molecular weight excluding hydrogens is 432 g/mol. The van der Waals surface area contributed by atoms with Gasteiger partial charge in [0.05, 0.1) is 4.90 Å². The van der Waals surface area contributed by atoms with Gasteiger partial charge in [0.1, 0.15) is 0 Å². The standard InChI is InChI=1S/C27H32N2O3S/c1-3-19-29(20-4-2)33(31,32)26-17-15-25(16-18-26)27(30)28(21-23-11-7-5-8-12-23)22-24-13-9-6-10-14-24/h5-18H,3-4,19-22H2,1-2H3. The van der Waals surface area contributed by atoms with Gasteiger partial charge in [-0.15, -0.1) is 0 Å². The Kier molecular flexibility index (Phi) is 8.80. The molecule has 1 amide bonds. The van der Waals surface area contributed by atoms with Gasteiger partial charge < -0.3 is 4.90 Å². The number of amides is 1. The van der Waals surface area contributed by atoms with Crippen LogP contribution in [0.25, 0.3) is 0 Å². The van der Waals surface area contributed by atoms with Gasteiger partial charge in [0.2, 0.25) is 10.0 Å². The Morgan fingerprint density at radius 2 is 1.15 bits per heavy atom. The quantitative estimate of drug-likeness (QED) is 0.385. The van der Waals surface area contributed by atoms with Crippen LogP contribution in [0.15, 0.2) is 89.8 Å². The Bertz CT molecular complexity index is 1070. The van der Waals surface area contributed by atoms with Gasteiger partial charge in [-0.05, 0) is 48.2 Å². The van der Waals surface area contributed by atoms with E-state index < -0.39 is 10.0 Å². The topological polar surface area (TPSA) is 57.7 Å². The number of nitrogens with zero attached hydrogens (tertiary/aromatic N) is 2. The number of rotatable bonds is 11. The predicted molar refractivity (Wildman–Crippen MR) is 132 cm³/mol. The van der Waals surface area contributed by atoms with E-state index >= 15 is 0 Å². The van der Waals surface area contributed by atoms with Gasteiger partial charge in [0.25, 0.3) is 5.91 Å². The first-order valence-corrected chi connectivity index (χ1v) is 12.9. The summed E-state index contributed by atoms with van der Waals surface area (Å²) in [5.74, 6) is -0.134. The number of sulfonamides is 1. The van der Waals surface area contributed by atoms with Crippen LogP contribution in [0.5, 0.6) is 0 Å². The predicted octanol–water partition coefficient (Wildman–Crippen LogP) is 5.34. The summed E-state index contributed by atoms with van der Waals surface area (Å²) in [4.78, 5) is 15.4. The van der Waals surface area contributed by atoms with Gasteiger partial charge in [-0.2, -0.15) is 4.31 Å². The maximum Gasteiger partial charge on any atom is 0.254 e. The molecule has 174 valence electrons. The van der Waals surface area contributed by atoms with Crippen LogP contribution in [0.2, 0.25) is 0 Å². The van der Waals surface area contributed by atoms with Crippen LogP contribution in [0.4, 0.5) is 0 Å². The van der Waals surface area contributed by atoms with E-state index in [9.17, 15) is 13.2 Å². The Morgan fingerprint density at radius 1 is 0.697 bits per heavy atom. The van der Waals surface area contributed by atoms with Crippen LogP contribution in [0.3, 0.4) is 0 Å². The van der Waals surface area contributed by atoms with Gasteiger partial charge in [-0.1, -0.05) is 74.5 Å². The number of benzene rings is 3. The smallest absolute Gasteiger partial charge is 0.254 e. The van der Waals surface area contributed by atoms with Gasteiger partial charge in [0, 0.05) is 31.7 Å². The first kappa shape index (κ1) is 24.7. The highest BCUT2D eigenvalue weighted by molar-refractivity contribution is 7.89. The molecule has 6 heteroatoms. The zero-order chi connectivity index (χ0) is 23.7. The van der Waals surface area contributed by atoms with Crippen molar-refractivity contribution in [1.29, 1.82) is 0 Å². The first-order chi connectivity index (χ1) is 16.0. The van der Waals surface area contributed by atoms with E-state index in [4.69, 9.17) is 0 Å². The third-order valence-corrected chi connectivity index (χ3v) is 7.32. The van der Waals surface area contributed by atoms with Gasteiger partial charge in [0.15, 0.2) is 0 Å². The monoisotopic (exact) mass is 464 g/mol. The lowest BCUT2D eigenvalue weighted by Gasteiger charge is -2.24. The van der Waals surface area contributed by atoms with E-state index in [1.807, 2.05) is 74.5 Å². The molecule has 0 aromatic heterocycles. The van der Waals surface area contributed by atoms with Crippen LogP contribution >= 0.6 is 0 Å². The molecular formula is C27H32N2O3S. The largest absolute Gasteiger partial charge is 0.330 e. The number of carbonyl (C=O) groups excluding carboxylic acids is 1. The molecule has 0 radical (unpaired) electrons. The molecule has 5 nitrogen and oxygen atoms in total. The zero-order valence-corrected chi connectivity index (χ0v) is 20.2. The zero-order valence-electron chi connectivity index (χ0n) is 19.4. The lowest BCUT2D eigenvalue weighted by atomic mass is 10.1. The maximum absolute atomic E-state index is 13.4. The minimum absolute atomic E-state index is 0.134. The molecule has 3 aromatic rings. The molecule has 0 saturated heterocycles. The van der Waals surface area contributed by atoms with Crippen LogP contribution in [-0.2, 0) is 23.1 Å². The molecule has 0 aliphatic carbocycles. The molecule has 0 bridgehead atoms. The minimum atomic E-state index is -3.58. The van der Waals surface area contributed by atoms with Crippen molar-refractivity contribution in [3.63, 3.8) is 0 Å². The van der Waals surface area contributed by atoms with Crippen LogP contribution in [-0.4, -0.2) is 36.6 Å². The molecule has 0 atom stereocenters. The Morgan fingerprint density at radius 3 is 1.58 bits per heavy atom. The molecule has 0 saturated carbocycles. The van der Waals surface area contributed by atoms with Crippen LogP contribution in [0, 0.1) is 0 Å². The van der Waals surface area contributed by atoms with Crippen molar-refractivity contribution in [1.82, 2.24) is 9.21 Å². The average Bonchev–Trinajstić information content (AvgIpc) is 2.84. The van der Waals surface area contributed by atoms with E-state index in [0.29, 0.717) is 31.7 Å². The molecule has 0 fully saturated rings. The SMILES string of the molecule is CCCN(CCC)S(=O)(=O)c1ccc(C(=O)N(Cc2ccccc2)Cc2ccccc2)cc1. The summed E-state index contributed by atoms with van der Waals surface area (Å²) in [5.41, 5.74) is 2.55. The van der Waals surface area contributed by atoms with Crippen LogP contribution in [0.1, 0.15) is 48.2 Å². The van der Waals surface area contributed by atoms with E-state index in [1.54, 1.807) is 29.2 Å². The van der Waals surface area contributed by atoms with Crippen molar-refractivity contribution in [2.24, 2.45) is 0 Å². The minimum Gasteiger partial charge on any atom is -0.330 e. The van der Waals surface area contributed by atoms with Crippen molar-refractivity contribution in [2.45, 2.75) is 44.7 Å².